The highest BCUT2D eigenvalue weighted by Gasteiger charge is 2.34. The predicted molar refractivity (Wildman–Crippen MR) is 64.7 cm³/mol. The van der Waals surface area contributed by atoms with Crippen LogP contribution in [-0.2, 0) is 20.7 Å². The number of benzene rings is 1. The quantitative estimate of drug-likeness (QED) is 0.751. The first-order valence-corrected chi connectivity index (χ1v) is 5.95. The number of aryl methyl sites for hydroxylation is 1. The summed E-state index contributed by atoms with van der Waals surface area (Å²) in [5.74, 6) is -0.511. The van der Waals surface area contributed by atoms with Crippen LogP contribution in [0.4, 0.5) is 0 Å². The van der Waals surface area contributed by atoms with Gasteiger partial charge in [-0.2, -0.15) is 0 Å². The summed E-state index contributed by atoms with van der Waals surface area (Å²) < 4.78 is 11.4. The average Bonchev–Trinajstić information content (AvgIpc) is 2.67. The van der Waals surface area contributed by atoms with Crippen molar-refractivity contribution in [2.45, 2.75) is 38.6 Å². The number of aldehydes is 1. The topological polar surface area (TPSA) is 35.5 Å². The van der Waals surface area contributed by atoms with Gasteiger partial charge in [0.1, 0.15) is 12.4 Å². The van der Waals surface area contributed by atoms with Crippen molar-refractivity contribution >= 4 is 6.29 Å². The molecule has 1 aliphatic heterocycles. The normalized spacial score (nSPS) is 22.6. The number of hydrogen-bond acceptors (Lipinski definition) is 3. The second kappa shape index (κ2) is 4.98. The molecule has 1 heterocycles. The van der Waals surface area contributed by atoms with Gasteiger partial charge in [0, 0.05) is 6.42 Å². The number of carbonyl (C=O) groups is 1. The number of ether oxygens (including phenoxy) is 2. The molecule has 0 N–H and O–H groups in total. The van der Waals surface area contributed by atoms with Crippen molar-refractivity contribution in [1.82, 2.24) is 0 Å². The molecule has 0 saturated carbocycles. The van der Waals surface area contributed by atoms with E-state index in [1.54, 1.807) is 0 Å². The number of hydrogen-bond donors (Lipinski definition) is 0. The molecule has 1 atom stereocenters. The van der Waals surface area contributed by atoms with Crippen LogP contribution in [0, 0.1) is 0 Å². The van der Waals surface area contributed by atoms with E-state index < -0.39 is 5.79 Å². The molecule has 0 radical (unpaired) electrons. The van der Waals surface area contributed by atoms with Crippen molar-refractivity contribution in [2.75, 3.05) is 6.61 Å². The van der Waals surface area contributed by atoms with Crippen molar-refractivity contribution in [1.29, 1.82) is 0 Å². The van der Waals surface area contributed by atoms with E-state index >= 15 is 0 Å². The third-order valence-corrected chi connectivity index (χ3v) is 2.94. The average molecular weight is 234 g/mol. The smallest absolute Gasteiger partial charge is 0.163 e. The van der Waals surface area contributed by atoms with Crippen LogP contribution in [0.2, 0.25) is 0 Å². The van der Waals surface area contributed by atoms with E-state index in [1.807, 2.05) is 32.0 Å². The molecular weight excluding hydrogens is 216 g/mol. The van der Waals surface area contributed by atoms with E-state index in [-0.39, 0.29) is 6.10 Å². The fourth-order valence-electron chi connectivity index (χ4n) is 2.13. The van der Waals surface area contributed by atoms with Crippen LogP contribution in [0.25, 0.3) is 0 Å². The van der Waals surface area contributed by atoms with Crippen LogP contribution in [0.15, 0.2) is 24.3 Å². The summed E-state index contributed by atoms with van der Waals surface area (Å²) in [6.07, 6.45) is 2.24. The number of carbonyl (C=O) groups excluding carboxylic acids is 1. The molecule has 1 unspecified atom stereocenters. The first-order chi connectivity index (χ1) is 8.12. The van der Waals surface area contributed by atoms with Gasteiger partial charge in [-0.1, -0.05) is 24.3 Å². The maximum absolute atomic E-state index is 10.5. The van der Waals surface area contributed by atoms with Gasteiger partial charge >= 0.3 is 0 Å². The summed E-state index contributed by atoms with van der Waals surface area (Å²) in [7, 11) is 0. The van der Waals surface area contributed by atoms with E-state index in [0.29, 0.717) is 13.0 Å². The molecule has 0 amide bonds. The second-order valence-electron chi connectivity index (χ2n) is 4.72. The molecule has 1 aromatic rings. The fourth-order valence-corrected chi connectivity index (χ4v) is 2.13. The number of rotatable bonds is 4. The fraction of sp³-hybridized carbons (Fsp3) is 0.500. The molecule has 3 heteroatoms. The maximum Gasteiger partial charge on any atom is 0.163 e. The first-order valence-electron chi connectivity index (χ1n) is 5.95. The van der Waals surface area contributed by atoms with Gasteiger partial charge in [0.2, 0.25) is 0 Å². The van der Waals surface area contributed by atoms with Crippen molar-refractivity contribution in [2.24, 2.45) is 0 Å². The largest absolute Gasteiger partial charge is 0.347 e. The second-order valence-corrected chi connectivity index (χ2v) is 4.72. The van der Waals surface area contributed by atoms with Gasteiger partial charge in [-0.15, -0.1) is 0 Å². The lowest BCUT2D eigenvalue weighted by Gasteiger charge is -2.18. The Labute approximate surface area is 102 Å². The van der Waals surface area contributed by atoms with E-state index in [0.717, 1.165) is 18.3 Å². The Hall–Kier alpha value is -1.19. The molecule has 2 rings (SSSR count). The lowest BCUT2D eigenvalue weighted by Crippen LogP contribution is -2.19. The molecule has 1 saturated heterocycles. The third kappa shape index (κ3) is 2.93. The highest BCUT2D eigenvalue weighted by Crippen LogP contribution is 2.34. The SMILES string of the molecule is CC1(C)OCC(c2ccccc2CCC=O)O1. The molecule has 0 aromatic heterocycles. The standard InChI is InChI=1S/C14H18O3/c1-14(2)16-10-13(17-14)12-8-4-3-6-11(12)7-5-9-15/h3-4,6,8-9,13H,5,7,10H2,1-2H3. The zero-order chi connectivity index (χ0) is 12.3. The van der Waals surface area contributed by atoms with E-state index in [2.05, 4.69) is 6.07 Å². The Kier molecular flexibility index (Phi) is 3.60. The van der Waals surface area contributed by atoms with Crippen molar-refractivity contribution in [3.63, 3.8) is 0 Å². The van der Waals surface area contributed by atoms with Gasteiger partial charge in [0.25, 0.3) is 0 Å². The van der Waals surface area contributed by atoms with Crippen molar-refractivity contribution in [3.8, 4) is 0 Å². The Morgan fingerprint density at radius 3 is 2.82 bits per heavy atom. The molecule has 0 bridgehead atoms. The minimum absolute atomic E-state index is 0.0205. The van der Waals surface area contributed by atoms with Gasteiger partial charge in [0.05, 0.1) is 6.61 Å². The highest BCUT2D eigenvalue weighted by molar-refractivity contribution is 5.50. The van der Waals surface area contributed by atoms with Gasteiger partial charge < -0.3 is 14.3 Å². The van der Waals surface area contributed by atoms with Crippen molar-refractivity contribution in [3.05, 3.63) is 35.4 Å². The summed E-state index contributed by atoms with van der Waals surface area (Å²) in [4.78, 5) is 10.5. The molecule has 92 valence electrons. The summed E-state index contributed by atoms with van der Waals surface area (Å²) in [5.41, 5.74) is 2.31. The monoisotopic (exact) mass is 234 g/mol. The lowest BCUT2D eigenvalue weighted by atomic mass is 9.99. The van der Waals surface area contributed by atoms with Crippen LogP contribution in [0.1, 0.15) is 37.5 Å². The molecular formula is C14H18O3. The summed E-state index contributed by atoms with van der Waals surface area (Å²) in [5, 5.41) is 0. The van der Waals surface area contributed by atoms with Gasteiger partial charge in [0.15, 0.2) is 5.79 Å². The van der Waals surface area contributed by atoms with Crippen LogP contribution in [-0.4, -0.2) is 18.7 Å². The first kappa shape index (κ1) is 12.3. The predicted octanol–water partition coefficient (Wildman–Crippen LogP) is 2.64. The minimum atomic E-state index is -0.511. The van der Waals surface area contributed by atoms with Crippen LogP contribution < -0.4 is 0 Å². The zero-order valence-corrected chi connectivity index (χ0v) is 10.3. The molecule has 1 aliphatic rings. The van der Waals surface area contributed by atoms with Crippen LogP contribution in [0.3, 0.4) is 0 Å². The Morgan fingerprint density at radius 1 is 1.41 bits per heavy atom. The molecule has 1 aromatic carbocycles. The molecule has 0 aliphatic carbocycles. The van der Waals surface area contributed by atoms with Crippen molar-refractivity contribution < 1.29 is 14.3 Å². The minimum Gasteiger partial charge on any atom is -0.347 e. The Balaban J connectivity index is 2.17. The van der Waals surface area contributed by atoms with E-state index in [1.165, 1.54) is 5.56 Å². The van der Waals surface area contributed by atoms with Gasteiger partial charge in [-0.25, -0.2) is 0 Å². The highest BCUT2D eigenvalue weighted by atomic mass is 16.7. The molecule has 3 nitrogen and oxygen atoms in total. The summed E-state index contributed by atoms with van der Waals surface area (Å²) >= 11 is 0. The van der Waals surface area contributed by atoms with Crippen LogP contribution in [0.5, 0.6) is 0 Å². The van der Waals surface area contributed by atoms with E-state index in [4.69, 9.17) is 9.47 Å². The maximum atomic E-state index is 10.5. The molecule has 0 spiro atoms. The van der Waals surface area contributed by atoms with Gasteiger partial charge in [-0.05, 0) is 31.4 Å². The Morgan fingerprint density at radius 2 is 2.18 bits per heavy atom. The Bertz CT molecular complexity index is 398. The van der Waals surface area contributed by atoms with E-state index in [9.17, 15) is 4.79 Å². The van der Waals surface area contributed by atoms with Crippen LogP contribution >= 0.6 is 0 Å². The molecule has 17 heavy (non-hydrogen) atoms. The third-order valence-electron chi connectivity index (χ3n) is 2.94. The lowest BCUT2D eigenvalue weighted by molar-refractivity contribution is -0.139. The summed E-state index contributed by atoms with van der Waals surface area (Å²) in [6, 6.07) is 8.09. The molecule has 1 fully saturated rings. The summed E-state index contributed by atoms with van der Waals surface area (Å²) in [6.45, 7) is 4.41. The van der Waals surface area contributed by atoms with Gasteiger partial charge in [-0.3, -0.25) is 0 Å². The zero-order valence-electron chi connectivity index (χ0n) is 10.3.